The topological polar surface area (TPSA) is 46.2 Å². The fourth-order valence-electron chi connectivity index (χ4n) is 1.86. The molecular weight excluding hydrogens is 231 g/mol. The van der Waals surface area contributed by atoms with Crippen LogP contribution in [0.5, 0.6) is 0 Å². The Morgan fingerprint density at radius 3 is 2.18 bits per heavy atom. The minimum atomic E-state index is -4.39. The minimum Gasteiger partial charge on any atom is -0.389 e. The molecule has 0 radical (unpaired) electrons. The van der Waals surface area contributed by atoms with E-state index >= 15 is 0 Å². The molecule has 0 saturated heterocycles. The molecule has 0 aliphatic carbocycles. The van der Waals surface area contributed by atoms with Gasteiger partial charge in [-0.3, -0.25) is 0 Å². The molecule has 1 aromatic carbocycles. The van der Waals surface area contributed by atoms with E-state index in [1.807, 2.05) is 0 Å². The maximum Gasteiger partial charge on any atom is 0.391 e. The average Bonchev–Trinajstić information content (AvgIpc) is 2.15. The Morgan fingerprint density at radius 1 is 1.12 bits per heavy atom. The van der Waals surface area contributed by atoms with E-state index in [0.29, 0.717) is 5.56 Å². The number of nitrogens with two attached hydrogens (primary N) is 1. The normalized spacial score (nSPS) is 15.6. The van der Waals surface area contributed by atoms with Crippen LogP contribution in [-0.2, 0) is 6.42 Å². The monoisotopic (exact) mass is 247 g/mol. The van der Waals surface area contributed by atoms with Crippen LogP contribution < -0.4 is 5.73 Å². The SMILES string of the molecule is NCCC(O)(Cc1ccccc1)CC(F)(F)F. The Hall–Kier alpha value is -1.07. The van der Waals surface area contributed by atoms with E-state index in [9.17, 15) is 18.3 Å². The second-order valence-corrected chi connectivity index (χ2v) is 4.22. The van der Waals surface area contributed by atoms with E-state index in [4.69, 9.17) is 5.73 Å². The van der Waals surface area contributed by atoms with Gasteiger partial charge in [0, 0.05) is 6.42 Å². The molecule has 96 valence electrons. The molecule has 0 spiro atoms. The first-order valence-electron chi connectivity index (χ1n) is 5.38. The van der Waals surface area contributed by atoms with Gasteiger partial charge in [0.1, 0.15) is 0 Å². The first kappa shape index (κ1) is 14.0. The lowest BCUT2D eigenvalue weighted by Gasteiger charge is -2.28. The molecule has 0 fully saturated rings. The van der Waals surface area contributed by atoms with Crippen molar-refractivity contribution in [3.63, 3.8) is 0 Å². The summed E-state index contributed by atoms with van der Waals surface area (Å²) in [5.41, 5.74) is 4.12. The van der Waals surface area contributed by atoms with E-state index in [0.717, 1.165) is 0 Å². The standard InChI is InChI=1S/C12H16F3NO/c13-12(14,15)9-11(17,6-7-16)8-10-4-2-1-3-5-10/h1-5,17H,6-9,16H2. The highest BCUT2D eigenvalue weighted by atomic mass is 19.4. The van der Waals surface area contributed by atoms with E-state index in [2.05, 4.69) is 0 Å². The average molecular weight is 247 g/mol. The molecule has 0 saturated carbocycles. The third-order valence-electron chi connectivity index (χ3n) is 2.52. The van der Waals surface area contributed by atoms with Crippen LogP contribution in [0.25, 0.3) is 0 Å². The van der Waals surface area contributed by atoms with Gasteiger partial charge >= 0.3 is 6.18 Å². The van der Waals surface area contributed by atoms with Crippen molar-refractivity contribution >= 4 is 0 Å². The summed E-state index contributed by atoms with van der Waals surface area (Å²) in [5.74, 6) is 0. The van der Waals surface area contributed by atoms with Crippen molar-refractivity contribution < 1.29 is 18.3 Å². The minimum absolute atomic E-state index is 0.0272. The first-order valence-corrected chi connectivity index (χ1v) is 5.38. The summed E-state index contributed by atoms with van der Waals surface area (Å²) in [6.45, 7) is 0.0272. The van der Waals surface area contributed by atoms with E-state index in [1.54, 1.807) is 30.3 Å². The third-order valence-corrected chi connectivity index (χ3v) is 2.52. The number of benzene rings is 1. The van der Waals surface area contributed by atoms with Crippen LogP contribution >= 0.6 is 0 Å². The summed E-state index contributed by atoms with van der Waals surface area (Å²) < 4.78 is 37.1. The molecule has 1 atom stereocenters. The molecular formula is C12H16F3NO. The summed E-state index contributed by atoms with van der Waals surface area (Å²) in [6, 6.07) is 8.61. The van der Waals surface area contributed by atoms with Gasteiger partial charge in [0.25, 0.3) is 0 Å². The zero-order valence-corrected chi connectivity index (χ0v) is 9.37. The molecule has 0 heterocycles. The lowest BCUT2D eigenvalue weighted by molar-refractivity contribution is -0.176. The quantitative estimate of drug-likeness (QED) is 0.838. The van der Waals surface area contributed by atoms with Crippen molar-refractivity contribution in [2.24, 2.45) is 5.73 Å². The van der Waals surface area contributed by atoms with Crippen molar-refractivity contribution in [3.8, 4) is 0 Å². The number of alkyl halides is 3. The van der Waals surface area contributed by atoms with Crippen molar-refractivity contribution in [1.82, 2.24) is 0 Å². The summed E-state index contributed by atoms with van der Waals surface area (Å²) in [6.07, 6.45) is -5.73. The summed E-state index contributed by atoms with van der Waals surface area (Å²) in [4.78, 5) is 0. The highest BCUT2D eigenvalue weighted by Gasteiger charge is 2.40. The second kappa shape index (κ2) is 5.51. The van der Waals surface area contributed by atoms with Gasteiger partial charge < -0.3 is 10.8 Å². The molecule has 1 rings (SSSR count). The van der Waals surface area contributed by atoms with Crippen LogP contribution in [0.4, 0.5) is 13.2 Å². The van der Waals surface area contributed by atoms with Crippen molar-refractivity contribution in [2.45, 2.75) is 31.0 Å². The lowest BCUT2D eigenvalue weighted by Crippen LogP contribution is -2.39. The van der Waals surface area contributed by atoms with Crippen LogP contribution in [0.1, 0.15) is 18.4 Å². The van der Waals surface area contributed by atoms with Crippen molar-refractivity contribution in [3.05, 3.63) is 35.9 Å². The number of hydrogen-bond donors (Lipinski definition) is 2. The number of hydrogen-bond acceptors (Lipinski definition) is 2. The van der Waals surface area contributed by atoms with Gasteiger partial charge in [0.05, 0.1) is 12.0 Å². The van der Waals surface area contributed by atoms with Gasteiger partial charge in [-0.1, -0.05) is 30.3 Å². The number of rotatable bonds is 5. The molecule has 5 heteroatoms. The molecule has 0 bridgehead atoms. The van der Waals surface area contributed by atoms with Gasteiger partial charge in [0.2, 0.25) is 0 Å². The van der Waals surface area contributed by atoms with E-state index in [-0.39, 0.29) is 19.4 Å². The Kier molecular flexibility index (Phi) is 4.54. The molecule has 3 N–H and O–H groups in total. The molecule has 17 heavy (non-hydrogen) atoms. The maximum absolute atomic E-state index is 12.4. The van der Waals surface area contributed by atoms with Crippen LogP contribution in [0.2, 0.25) is 0 Å². The highest BCUT2D eigenvalue weighted by molar-refractivity contribution is 5.17. The fraction of sp³-hybridized carbons (Fsp3) is 0.500. The maximum atomic E-state index is 12.4. The Bertz CT molecular complexity index is 339. The van der Waals surface area contributed by atoms with Crippen molar-refractivity contribution in [2.75, 3.05) is 6.54 Å². The van der Waals surface area contributed by atoms with Gasteiger partial charge in [-0.05, 0) is 18.5 Å². The predicted octanol–water partition coefficient (Wildman–Crippen LogP) is 2.26. The van der Waals surface area contributed by atoms with Gasteiger partial charge in [-0.25, -0.2) is 0 Å². The predicted molar refractivity (Wildman–Crippen MR) is 59.4 cm³/mol. The molecule has 0 aliphatic heterocycles. The Balaban J connectivity index is 2.78. The smallest absolute Gasteiger partial charge is 0.389 e. The summed E-state index contributed by atoms with van der Waals surface area (Å²) in [7, 11) is 0. The van der Waals surface area contributed by atoms with Gasteiger partial charge in [0.15, 0.2) is 0 Å². The molecule has 0 aliphatic rings. The van der Waals surface area contributed by atoms with Gasteiger partial charge in [-0.2, -0.15) is 13.2 Å². The van der Waals surface area contributed by atoms with Crippen LogP contribution in [-0.4, -0.2) is 23.4 Å². The van der Waals surface area contributed by atoms with Crippen LogP contribution in [0.15, 0.2) is 30.3 Å². The second-order valence-electron chi connectivity index (χ2n) is 4.22. The Labute approximate surface area is 98.3 Å². The van der Waals surface area contributed by atoms with E-state index < -0.39 is 18.2 Å². The molecule has 0 aromatic heterocycles. The highest BCUT2D eigenvalue weighted by Crippen LogP contribution is 2.31. The third kappa shape index (κ3) is 5.19. The zero-order chi connectivity index (χ0) is 12.9. The van der Waals surface area contributed by atoms with Crippen LogP contribution in [0, 0.1) is 0 Å². The number of halogens is 3. The Morgan fingerprint density at radius 2 is 1.71 bits per heavy atom. The van der Waals surface area contributed by atoms with Gasteiger partial charge in [-0.15, -0.1) is 0 Å². The fourth-order valence-corrected chi connectivity index (χ4v) is 1.86. The van der Waals surface area contributed by atoms with Crippen LogP contribution in [0.3, 0.4) is 0 Å². The molecule has 2 nitrogen and oxygen atoms in total. The number of aliphatic hydroxyl groups is 1. The molecule has 0 amide bonds. The summed E-state index contributed by atoms with van der Waals surface area (Å²) >= 11 is 0. The molecule has 1 unspecified atom stereocenters. The zero-order valence-electron chi connectivity index (χ0n) is 9.37. The van der Waals surface area contributed by atoms with Crippen molar-refractivity contribution in [1.29, 1.82) is 0 Å². The lowest BCUT2D eigenvalue weighted by atomic mass is 9.88. The molecule has 1 aromatic rings. The largest absolute Gasteiger partial charge is 0.391 e. The first-order chi connectivity index (χ1) is 7.85. The van der Waals surface area contributed by atoms with E-state index in [1.165, 1.54) is 0 Å². The summed E-state index contributed by atoms with van der Waals surface area (Å²) in [5, 5.41) is 10.0.